The van der Waals surface area contributed by atoms with Gasteiger partial charge in [0.15, 0.2) is 5.76 Å². The maximum atomic E-state index is 13.5. The summed E-state index contributed by atoms with van der Waals surface area (Å²) in [6.07, 6.45) is 1.55. The standard InChI is InChI=1S/C31H22N4O6/c1-39-27-10-5-11-28-25(27)17-29(41-28)30-33-26-9-3-2-8-24(26)31(36)34(30)32-18-20-12-14-23(15-13-20)40-19-21-6-4-7-22(16-21)35(37)38/h2-18H,19H2,1H3. The highest BCUT2D eigenvalue weighted by Gasteiger charge is 2.18. The van der Waals surface area contributed by atoms with E-state index in [0.717, 1.165) is 5.39 Å². The van der Waals surface area contributed by atoms with E-state index in [1.165, 1.54) is 16.8 Å². The first kappa shape index (κ1) is 25.5. The fourth-order valence-electron chi connectivity index (χ4n) is 4.41. The second-order valence-electron chi connectivity index (χ2n) is 9.08. The van der Waals surface area contributed by atoms with Crippen LogP contribution < -0.4 is 15.0 Å². The van der Waals surface area contributed by atoms with Gasteiger partial charge in [0.05, 0.1) is 34.5 Å². The monoisotopic (exact) mass is 546 g/mol. The Bertz CT molecular complexity index is 1990. The molecule has 0 amide bonds. The number of fused-ring (bicyclic) bond motifs is 2. The number of rotatable bonds is 8. The lowest BCUT2D eigenvalue weighted by molar-refractivity contribution is -0.384. The number of nitro groups is 1. The number of ether oxygens (including phenoxy) is 2. The van der Waals surface area contributed by atoms with Crippen LogP contribution in [0.4, 0.5) is 5.69 Å². The van der Waals surface area contributed by atoms with Crippen LogP contribution in [0.2, 0.25) is 0 Å². The second kappa shape index (κ2) is 10.8. The molecule has 0 radical (unpaired) electrons. The highest BCUT2D eigenvalue weighted by atomic mass is 16.6. The van der Waals surface area contributed by atoms with Crippen LogP contribution in [0.5, 0.6) is 11.5 Å². The van der Waals surface area contributed by atoms with E-state index in [-0.39, 0.29) is 23.7 Å². The van der Waals surface area contributed by atoms with E-state index in [1.807, 2.05) is 24.3 Å². The largest absolute Gasteiger partial charge is 0.496 e. The minimum Gasteiger partial charge on any atom is -0.496 e. The molecule has 0 saturated heterocycles. The van der Waals surface area contributed by atoms with Crippen LogP contribution in [0.15, 0.2) is 111 Å². The lowest BCUT2D eigenvalue weighted by Gasteiger charge is -2.08. The van der Waals surface area contributed by atoms with Gasteiger partial charge in [0, 0.05) is 12.1 Å². The van der Waals surface area contributed by atoms with Crippen molar-refractivity contribution < 1.29 is 18.8 Å². The molecule has 0 spiro atoms. The summed E-state index contributed by atoms with van der Waals surface area (Å²) < 4.78 is 18.5. The minimum absolute atomic E-state index is 0.0113. The van der Waals surface area contributed by atoms with Crippen LogP contribution in [0.1, 0.15) is 11.1 Å². The lowest BCUT2D eigenvalue weighted by atomic mass is 10.2. The van der Waals surface area contributed by atoms with Gasteiger partial charge in [-0.05, 0) is 65.7 Å². The molecule has 41 heavy (non-hydrogen) atoms. The summed E-state index contributed by atoms with van der Waals surface area (Å²) in [4.78, 5) is 28.8. The number of non-ortho nitro benzene ring substituents is 1. The van der Waals surface area contributed by atoms with Crippen molar-refractivity contribution >= 4 is 33.8 Å². The molecular formula is C31H22N4O6. The first-order chi connectivity index (χ1) is 20.0. The van der Waals surface area contributed by atoms with Crippen molar-refractivity contribution in [1.82, 2.24) is 9.66 Å². The van der Waals surface area contributed by atoms with Gasteiger partial charge in [0.1, 0.15) is 23.7 Å². The molecule has 0 aliphatic rings. The summed E-state index contributed by atoms with van der Waals surface area (Å²) in [7, 11) is 1.58. The predicted octanol–water partition coefficient (Wildman–Crippen LogP) is 6.19. The third kappa shape index (κ3) is 5.13. The number of furan rings is 1. The number of nitrogens with zero attached hydrogens (tertiary/aromatic N) is 4. The topological polar surface area (TPSA) is 122 Å². The van der Waals surface area contributed by atoms with Crippen LogP contribution in [0.25, 0.3) is 33.5 Å². The molecule has 0 N–H and O–H groups in total. The normalized spacial score (nSPS) is 11.3. The third-order valence-corrected chi connectivity index (χ3v) is 6.44. The summed E-state index contributed by atoms with van der Waals surface area (Å²) in [5.74, 6) is 1.84. The average Bonchev–Trinajstić information content (AvgIpc) is 3.45. The Morgan fingerprint density at radius 3 is 2.59 bits per heavy atom. The zero-order chi connectivity index (χ0) is 28.3. The molecule has 10 heteroatoms. The molecule has 202 valence electrons. The smallest absolute Gasteiger partial charge is 0.282 e. The Morgan fingerprint density at radius 2 is 1.78 bits per heavy atom. The van der Waals surface area contributed by atoms with E-state index in [1.54, 1.807) is 74.0 Å². The van der Waals surface area contributed by atoms with Crippen molar-refractivity contribution in [3.63, 3.8) is 0 Å². The molecule has 2 aromatic heterocycles. The number of hydrogen-bond donors (Lipinski definition) is 0. The Morgan fingerprint density at radius 1 is 0.976 bits per heavy atom. The molecule has 10 nitrogen and oxygen atoms in total. The van der Waals surface area contributed by atoms with Gasteiger partial charge in [-0.1, -0.05) is 30.3 Å². The lowest BCUT2D eigenvalue weighted by Crippen LogP contribution is -2.20. The SMILES string of the molecule is COc1cccc2oc(-c3nc4ccccc4c(=O)n3N=Cc3ccc(OCc4cccc([N+](=O)[O-])c4)cc3)cc12. The zero-order valence-corrected chi connectivity index (χ0v) is 21.8. The van der Waals surface area contributed by atoms with E-state index in [9.17, 15) is 14.9 Å². The van der Waals surface area contributed by atoms with Gasteiger partial charge in [-0.15, -0.1) is 0 Å². The van der Waals surface area contributed by atoms with Gasteiger partial charge < -0.3 is 13.9 Å². The highest BCUT2D eigenvalue weighted by molar-refractivity contribution is 5.88. The molecule has 0 aliphatic carbocycles. The van der Waals surface area contributed by atoms with Gasteiger partial charge in [-0.3, -0.25) is 14.9 Å². The number of methoxy groups -OCH3 is 1. The van der Waals surface area contributed by atoms with Crippen molar-refractivity contribution in [2.75, 3.05) is 7.11 Å². The molecule has 2 heterocycles. The summed E-state index contributed by atoms with van der Waals surface area (Å²) in [6.45, 7) is 0.179. The van der Waals surface area contributed by atoms with E-state index >= 15 is 0 Å². The Kier molecular flexibility index (Phi) is 6.70. The van der Waals surface area contributed by atoms with Crippen LogP contribution in [0, 0.1) is 10.1 Å². The summed E-state index contributed by atoms with van der Waals surface area (Å²) in [6, 6.07) is 27.7. The number of benzene rings is 4. The highest BCUT2D eigenvalue weighted by Crippen LogP contribution is 2.33. The molecule has 0 unspecified atom stereocenters. The summed E-state index contributed by atoms with van der Waals surface area (Å²) in [5.41, 5.74) is 2.19. The molecule has 0 fully saturated rings. The van der Waals surface area contributed by atoms with Crippen molar-refractivity contribution in [2.45, 2.75) is 6.61 Å². The van der Waals surface area contributed by atoms with Crippen molar-refractivity contribution in [3.05, 3.63) is 129 Å². The first-order valence-electron chi connectivity index (χ1n) is 12.6. The van der Waals surface area contributed by atoms with Gasteiger partial charge in [0.2, 0.25) is 5.82 Å². The minimum atomic E-state index is -0.440. The molecular weight excluding hydrogens is 524 g/mol. The van der Waals surface area contributed by atoms with Crippen molar-refractivity contribution in [1.29, 1.82) is 0 Å². The van der Waals surface area contributed by atoms with Crippen LogP contribution >= 0.6 is 0 Å². The van der Waals surface area contributed by atoms with Crippen LogP contribution in [-0.2, 0) is 6.61 Å². The first-order valence-corrected chi connectivity index (χ1v) is 12.6. The number of aromatic nitrogens is 2. The molecule has 0 bridgehead atoms. The fourth-order valence-corrected chi connectivity index (χ4v) is 4.41. The Labute approximate surface area is 232 Å². The molecule has 6 aromatic rings. The summed E-state index contributed by atoms with van der Waals surface area (Å²) >= 11 is 0. The van der Waals surface area contributed by atoms with Crippen molar-refractivity contribution in [3.8, 4) is 23.1 Å². The quantitative estimate of drug-likeness (QED) is 0.127. The maximum Gasteiger partial charge on any atom is 0.282 e. The molecule has 4 aromatic carbocycles. The van der Waals surface area contributed by atoms with Gasteiger partial charge in [0.25, 0.3) is 11.2 Å². The van der Waals surface area contributed by atoms with E-state index in [2.05, 4.69) is 5.10 Å². The molecule has 6 rings (SSSR count). The Hall–Kier alpha value is -5.77. The average molecular weight is 547 g/mol. The van der Waals surface area contributed by atoms with Crippen LogP contribution in [0.3, 0.4) is 0 Å². The molecule has 0 aliphatic heterocycles. The third-order valence-electron chi connectivity index (χ3n) is 6.44. The second-order valence-corrected chi connectivity index (χ2v) is 9.08. The number of nitro benzene ring substituents is 1. The molecule has 0 atom stereocenters. The number of para-hydroxylation sites is 1. The Balaban J connectivity index is 1.31. The van der Waals surface area contributed by atoms with E-state index < -0.39 is 4.92 Å². The van der Waals surface area contributed by atoms with Gasteiger partial charge >= 0.3 is 0 Å². The van der Waals surface area contributed by atoms with Crippen molar-refractivity contribution in [2.24, 2.45) is 5.10 Å². The van der Waals surface area contributed by atoms with Gasteiger partial charge in [-0.25, -0.2) is 4.98 Å². The van der Waals surface area contributed by atoms with E-state index in [4.69, 9.17) is 18.9 Å². The number of hydrogen-bond acceptors (Lipinski definition) is 8. The summed E-state index contributed by atoms with van der Waals surface area (Å²) in [5, 5.41) is 16.7. The van der Waals surface area contributed by atoms with Gasteiger partial charge in [-0.2, -0.15) is 9.78 Å². The zero-order valence-electron chi connectivity index (χ0n) is 21.8. The van der Waals surface area contributed by atoms with Crippen LogP contribution in [-0.4, -0.2) is 27.9 Å². The molecule has 0 saturated carbocycles. The predicted molar refractivity (Wildman–Crippen MR) is 155 cm³/mol. The van der Waals surface area contributed by atoms with E-state index in [0.29, 0.717) is 44.9 Å². The maximum absolute atomic E-state index is 13.5. The fraction of sp³-hybridized carbons (Fsp3) is 0.0645.